The van der Waals surface area contributed by atoms with Crippen molar-refractivity contribution in [1.29, 1.82) is 0 Å². The predicted molar refractivity (Wildman–Crippen MR) is 129 cm³/mol. The minimum Gasteiger partial charge on any atom is -0.456 e. The van der Waals surface area contributed by atoms with E-state index in [-0.39, 0.29) is 17.9 Å². The molecule has 0 spiro atoms. The lowest BCUT2D eigenvalue weighted by Gasteiger charge is -2.19. The van der Waals surface area contributed by atoms with Crippen molar-refractivity contribution in [3.8, 4) is 22.6 Å². The molecule has 9 heteroatoms. The molecule has 0 bridgehead atoms. The maximum Gasteiger partial charge on any atom is 0.273 e. The average molecular weight is 472 g/mol. The molecule has 7 nitrogen and oxygen atoms in total. The first-order valence-corrected chi connectivity index (χ1v) is 11.7. The Labute approximate surface area is 192 Å². The Balaban J connectivity index is 2.22. The Kier molecular flexibility index (Phi) is 7.04. The van der Waals surface area contributed by atoms with Crippen LogP contribution in [-0.4, -0.2) is 20.0 Å². The zero-order valence-corrected chi connectivity index (χ0v) is 19.7. The lowest BCUT2D eigenvalue weighted by atomic mass is 9.99. The summed E-state index contributed by atoms with van der Waals surface area (Å²) in [6.07, 6.45) is 1.65. The predicted octanol–water partition coefficient (Wildman–Crippen LogP) is 4.21. The molecule has 0 atom stereocenters. The monoisotopic (exact) mass is 471 g/mol. The highest BCUT2D eigenvalue weighted by molar-refractivity contribution is 7.92. The van der Waals surface area contributed by atoms with Gasteiger partial charge in [-0.3, -0.25) is 4.79 Å². The van der Waals surface area contributed by atoms with Crippen LogP contribution in [0.2, 0.25) is 0 Å². The molecule has 2 aromatic carbocycles. The molecule has 0 fully saturated rings. The number of halogens is 1. The van der Waals surface area contributed by atoms with Gasteiger partial charge in [0.2, 0.25) is 10.0 Å². The largest absolute Gasteiger partial charge is 0.456 e. The molecule has 0 aliphatic heterocycles. The molecule has 33 heavy (non-hydrogen) atoms. The van der Waals surface area contributed by atoms with E-state index in [0.29, 0.717) is 45.0 Å². The van der Waals surface area contributed by atoms with Crippen LogP contribution in [0, 0.1) is 19.7 Å². The van der Waals surface area contributed by atoms with E-state index >= 15 is 0 Å². The number of rotatable bonds is 8. The van der Waals surface area contributed by atoms with E-state index in [1.54, 1.807) is 58.4 Å². The molecule has 0 saturated carbocycles. The zero-order chi connectivity index (χ0) is 24.3. The van der Waals surface area contributed by atoms with Crippen LogP contribution >= 0.6 is 0 Å². The summed E-state index contributed by atoms with van der Waals surface area (Å²) in [6.45, 7) is 6.79. The number of hydrogen-bond donors (Lipinski definition) is 2. The van der Waals surface area contributed by atoms with Crippen molar-refractivity contribution in [2.45, 2.75) is 20.4 Å². The molecule has 0 saturated heterocycles. The number of hydrogen-bond acceptors (Lipinski definition) is 5. The molecule has 3 rings (SSSR count). The van der Waals surface area contributed by atoms with Gasteiger partial charge in [-0.15, -0.1) is 0 Å². The molecule has 1 aromatic heterocycles. The minimum absolute atomic E-state index is 0.0278. The van der Waals surface area contributed by atoms with Crippen LogP contribution < -0.4 is 20.3 Å². The van der Waals surface area contributed by atoms with Crippen LogP contribution in [0.3, 0.4) is 0 Å². The van der Waals surface area contributed by atoms with E-state index in [1.807, 2.05) is 0 Å². The first-order valence-electron chi connectivity index (χ1n) is 10.1. The van der Waals surface area contributed by atoms with Gasteiger partial charge in [0.05, 0.1) is 0 Å². The van der Waals surface area contributed by atoms with Crippen LogP contribution in [0.1, 0.15) is 16.7 Å². The van der Waals surface area contributed by atoms with Gasteiger partial charge in [-0.2, -0.15) is 0 Å². The number of ether oxygens (including phenoxy) is 1. The fourth-order valence-electron chi connectivity index (χ4n) is 3.57. The fraction of sp³-hybridized carbons (Fsp3) is 0.208. The Morgan fingerprint density at radius 1 is 1.18 bits per heavy atom. The first-order chi connectivity index (χ1) is 15.6. The van der Waals surface area contributed by atoms with Crippen LogP contribution in [0.25, 0.3) is 11.1 Å². The highest BCUT2D eigenvalue weighted by atomic mass is 32.2. The van der Waals surface area contributed by atoms with Crippen molar-refractivity contribution in [3.05, 3.63) is 87.4 Å². The fourth-order valence-corrected chi connectivity index (χ4v) is 4.04. The van der Waals surface area contributed by atoms with Gasteiger partial charge in [0.1, 0.15) is 23.0 Å². The molecule has 1 heterocycles. The quantitative estimate of drug-likeness (QED) is 0.514. The number of pyridine rings is 1. The molecule has 3 aromatic rings. The lowest BCUT2D eigenvalue weighted by Crippen LogP contribution is -2.21. The van der Waals surface area contributed by atoms with Crippen molar-refractivity contribution in [3.63, 3.8) is 0 Å². The number of aromatic nitrogens is 1. The Hall–Kier alpha value is -3.43. The van der Waals surface area contributed by atoms with Crippen molar-refractivity contribution in [2.24, 2.45) is 7.05 Å². The van der Waals surface area contributed by atoms with Crippen LogP contribution in [0.15, 0.2) is 59.4 Å². The summed E-state index contributed by atoms with van der Waals surface area (Å²) in [5.41, 5.74) is 3.26. The third-order valence-corrected chi connectivity index (χ3v) is 6.16. The highest BCUT2D eigenvalue weighted by Crippen LogP contribution is 2.39. The van der Waals surface area contributed by atoms with E-state index in [2.05, 4.69) is 16.6 Å². The van der Waals surface area contributed by atoms with Gasteiger partial charge in [-0.1, -0.05) is 18.7 Å². The third kappa shape index (κ3) is 5.32. The van der Waals surface area contributed by atoms with E-state index in [4.69, 9.17) is 4.74 Å². The van der Waals surface area contributed by atoms with Gasteiger partial charge in [0, 0.05) is 43.4 Å². The maximum atomic E-state index is 13.8. The molecular formula is C24H26FN3O4S. The summed E-state index contributed by atoms with van der Waals surface area (Å²) >= 11 is 0. The summed E-state index contributed by atoms with van der Waals surface area (Å²) in [4.78, 5) is 12.4. The summed E-state index contributed by atoms with van der Waals surface area (Å²) in [7, 11) is -0.395. The maximum absolute atomic E-state index is 13.8. The number of aryl methyl sites for hydroxylation is 3. The van der Waals surface area contributed by atoms with Gasteiger partial charge >= 0.3 is 0 Å². The molecule has 0 aliphatic rings. The summed E-state index contributed by atoms with van der Waals surface area (Å²) < 4.78 is 47.9. The molecule has 0 aliphatic carbocycles. The van der Waals surface area contributed by atoms with Crippen molar-refractivity contribution < 1.29 is 17.5 Å². The van der Waals surface area contributed by atoms with E-state index in [9.17, 15) is 17.6 Å². The standard InChI is InChI=1S/C24H26FN3O4S/c1-6-33(30,31)27-13-17-8-7-9-21(32-23-15(2)10-19(25)11-16(23)3)22(17)18-12-20(26-4)24(29)28(5)14-18/h6-12,14,26-27H,1,13H2,2-5H3. The number of nitrogens with one attached hydrogen (secondary N) is 2. The minimum atomic E-state index is -3.67. The topological polar surface area (TPSA) is 89.4 Å². The van der Waals surface area contributed by atoms with E-state index in [0.717, 1.165) is 5.41 Å². The number of benzene rings is 2. The average Bonchev–Trinajstić information content (AvgIpc) is 2.76. The van der Waals surface area contributed by atoms with Gasteiger partial charge in [0.25, 0.3) is 5.56 Å². The molecule has 2 N–H and O–H groups in total. The van der Waals surface area contributed by atoms with Gasteiger partial charge in [0.15, 0.2) is 0 Å². The normalized spacial score (nSPS) is 11.3. The molecule has 0 radical (unpaired) electrons. The second-order valence-electron chi connectivity index (χ2n) is 7.60. The summed E-state index contributed by atoms with van der Waals surface area (Å²) in [5.74, 6) is 0.575. The number of sulfonamides is 1. The number of anilines is 1. The second kappa shape index (κ2) is 9.60. The smallest absolute Gasteiger partial charge is 0.273 e. The van der Waals surface area contributed by atoms with Crippen molar-refractivity contribution >= 4 is 15.7 Å². The lowest BCUT2D eigenvalue weighted by molar-refractivity contribution is 0.473. The Morgan fingerprint density at radius 2 is 1.85 bits per heavy atom. The van der Waals surface area contributed by atoms with Gasteiger partial charge < -0.3 is 14.6 Å². The Bertz CT molecular complexity index is 1360. The molecular weight excluding hydrogens is 445 g/mol. The van der Waals surface area contributed by atoms with E-state index < -0.39 is 10.0 Å². The van der Waals surface area contributed by atoms with Gasteiger partial charge in [-0.05, 0) is 54.8 Å². The number of nitrogens with zero attached hydrogens (tertiary/aromatic N) is 1. The second-order valence-corrected chi connectivity index (χ2v) is 9.31. The highest BCUT2D eigenvalue weighted by Gasteiger charge is 2.18. The summed E-state index contributed by atoms with van der Waals surface area (Å²) in [6, 6.07) is 9.70. The Morgan fingerprint density at radius 3 is 2.45 bits per heavy atom. The SMILES string of the molecule is C=CS(=O)(=O)NCc1cccc(Oc2c(C)cc(F)cc2C)c1-c1cc(NC)c(=O)n(C)c1. The molecule has 0 unspecified atom stereocenters. The van der Waals surface area contributed by atoms with Crippen molar-refractivity contribution in [2.75, 3.05) is 12.4 Å². The third-order valence-electron chi connectivity index (χ3n) is 5.17. The summed E-state index contributed by atoms with van der Waals surface area (Å²) in [5, 5.41) is 3.72. The van der Waals surface area contributed by atoms with Crippen molar-refractivity contribution in [1.82, 2.24) is 9.29 Å². The first kappa shape index (κ1) is 24.2. The van der Waals surface area contributed by atoms with Crippen LogP contribution in [0.4, 0.5) is 10.1 Å². The van der Waals surface area contributed by atoms with Crippen LogP contribution in [0.5, 0.6) is 11.5 Å². The molecule has 174 valence electrons. The van der Waals surface area contributed by atoms with Crippen LogP contribution in [-0.2, 0) is 23.6 Å². The van der Waals surface area contributed by atoms with Gasteiger partial charge in [-0.25, -0.2) is 17.5 Å². The molecule has 0 amide bonds. The zero-order valence-electron chi connectivity index (χ0n) is 18.9. The van der Waals surface area contributed by atoms with E-state index in [1.165, 1.54) is 16.7 Å².